The lowest BCUT2D eigenvalue weighted by atomic mass is 10.3. The van der Waals surface area contributed by atoms with E-state index >= 15 is 0 Å². The van der Waals surface area contributed by atoms with Gasteiger partial charge in [0.2, 0.25) is 0 Å². The summed E-state index contributed by atoms with van der Waals surface area (Å²) in [6.45, 7) is 0. The van der Waals surface area contributed by atoms with E-state index < -0.39 is 0 Å². The number of halogens is 5. The van der Waals surface area contributed by atoms with E-state index in [1.807, 2.05) is 0 Å². The van der Waals surface area contributed by atoms with Crippen LogP contribution >= 0.6 is 70.8 Å². The van der Waals surface area contributed by atoms with Crippen molar-refractivity contribution in [3.63, 3.8) is 0 Å². The lowest BCUT2D eigenvalue weighted by Gasteiger charge is -2.02. The van der Waals surface area contributed by atoms with Gasteiger partial charge in [-0.25, -0.2) is 0 Å². The van der Waals surface area contributed by atoms with Gasteiger partial charge in [-0.3, -0.25) is 5.14 Å². The fraction of sp³-hybridized carbons (Fsp3) is 0. The predicted octanol–water partition coefficient (Wildman–Crippen LogP) is 4.74. The molecule has 0 bridgehead atoms. The minimum Gasteiger partial charge on any atom is -0.281 e. The summed E-state index contributed by atoms with van der Waals surface area (Å²) in [6, 6.07) is 1.44. The van der Waals surface area contributed by atoms with Crippen molar-refractivity contribution in [2.45, 2.75) is 0 Å². The van der Waals surface area contributed by atoms with Crippen LogP contribution in [0.2, 0.25) is 25.1 Å². The summed E-state index contributed by atoms with van der Waals surface area (Å²) in [5.74, 6) is 0. The molecule has 0 atom stereocenters. The summed E-state index contributed by atoms with van der Waals surface area (Å²) >= 11 is 31.2. The summed E-state index contributed by atoms with van der Waals surface area (Å²) in [6.07, 6.45) is 0. The fourth-order valence-electron chi connectivity index (χ4n) is 0.544. The van der Waals surface area contributed by atoms with Crippen LogP contribution < -0.4 is 5.14 Å². The monoisotopic (exact) mass is 297 g/mol. The van der Waals surface area contributed by atoms with Gasteiger partial charge in [0.25, 0.3) is 0 Å². The molecule has 0 aromatic heterocycles. The first-order valence-corrected chi connectivity index (χ1v) is 5.19. The van der Waals surface area contributed by atoms with E-state index in [9.17, 15) is 0 Å². The van der Waals surface area contributed by atoms with Gasteiger partial charge in [-0.1, -0.05) is 58.0 Å². The molecule has 1 aromatic carbocycles. The summed E-state index contributed by atoms with van der Waals surface area (Å²) < 4.78 is 0. The molecule has 7 heteroatoms. The van der Waals surface area contributed by atoms with Gasteiger partial charge in [0.05, 0.1) is 25.1 Å². The first kappa shape index (κ1) is 14.0. The largest absolute Gasteiger partial charge is 0.281 e. The van der Waals surface area contributed by atoms with Crippen molar-refractivity contribution >= 4 is 70.8 Å². The third kappa shape index (κ3) is 3.56. The van der Waals surface area contributed by atoms with Crippen molar-refractivity contribution < 1.29 is 0 Å². The number of nitrogens with two attached hydrogens (primary N) is 1. The quantitative estimate of drug-likeness (QED) is 0.404. The minimum absolute atomic E-state index is 0.186. The van der Waals surface area contributed by atoms with Crippen LogP contribution in [0.5, 0.6) is 0 Å². The highest BCUT2D eigenvalue weighted by molar-refractivity contribution is 7.77. The minimum atomic E-state index is 0.186. The molecule has 1 rings (SSSR count). The van der Waals surface area contributed by atoms with Gasteiger partial charge < -0.3 is 0 Å². The van der Waals surface area contributed by atoms with Gasteiger partial charge in [-0.05, 0) is 6.07 Å². The number of hydrogen-bond acceptors (Lipinski definition) is 2. The summed E-state index contributed by atoms with van der Waals surface area (Å²) in [5, 5.41) is 5.42. The molecule has 0 fully saturated rings. The topological polar surface area (TPSA) is 26.0 Å². The Bertz CT molecular complexity index is 277. The Morgan fingerprint density at radius 2 is 1.08 bits per heavy atom. The Morgan fingerprint density at radius 3 is 1.38 bits per heavy atom. The predicted molar refractivity (Wildman–Crippen MR) is 64.7 cm³/mol. The molecule has 1 aromatic rings. The lowest BCUT2D eigenvalue weighted by Crippen LogP contribution is -1.75. The molecule has 0 aliphatic heterocycles. The zero-order valence-electron chi connectivity index (χ0n) is 5.99. The molecule has 0 spiro atoms. The molecule has 0 amide bonds. The van der Waals surface area contributed by atoms with E-state index in [4.69, 9.17) is 58.0 Å². The molecule has 2 N–H and O–H groups in total. The van der Waals surface area contributed by atoms with E-state index in [-0.39, 0.29) is 15.1 Å². The average molecular weight is 299 g/mol. The molecular formula is C6H4Cl5NS. The van der Waals surface area contributed by atoms with Crippen LogP contribution in [-0.2, 0) is 0 Å². The van der Waals surface area contributed by atoms with Gasteiger partial charge in [-0.15, -0.1) is 12.8 Å². The van der Waals surface area contributed by atoms with E-state index in [0.29, 0.717) is 10.0 Å². The smallest absolute Gasteiger partial charge is 0.0808 e. The molecule has 0 saturated carbocycles. The first-order valence-electron chi connectivity index (χ1n) is 2.78. The molecule has 0 radical (unpaired) electrons. The Kier molecular flexibility index (Phi) is 6.95. The molecule has 1 nitrogen and oxygen atoms in total. The third-order valence-electron chi connectivity index (χ3n) is 1.06. The highest BCUT2D eigenvalue weighted by Crippen LogP contribution is 2.40. The molecule has 0 unspecified atom stereocenters. The van der Waals surface area contributed by atoms with Crippen LogP contribution in [0.15, 0.2) is 6.07 Å². The molecule has 0 aliphatic carbocycles. The van der Waals surface area contributed by atoms with Gasteiger partial charge in [0, 0.05) is 0 Å². The Hall–Kier alpha value is 0.980. The summed E-state index contributed by atoms with van der Waals surface area (Å²) in [4.78, 5) is 0. The second kappa shape index (κ2) is 6.46. The Balaban J connectivity index is 0.000000671. The van der Waals surface area contributed by atoms with Crippen LogP contribution in [0.1, 0.15) is 0 Å². The second-order valence-electron chi connectivity index (χ2n) is 1.78. The van der Waals surface area contributed by atoms with Gasteiger partial charge >= 0.3 is 0 Å². The molecule has 0 aliphatic rings. The zero-order valence-corrected chi connectivity index (χ0v) is 10.7. The number of thiol groups is 1. The van der Waals surface area contributed by atoms with Gasteiger partial charge in [-0.2, -0.15) is 0 Å². The van der Waals surface area contributed by atoms with Crippen molar-refractivity contribution in [3.8, 4) is 0 Å². The third-order valence-corrected chi connectivity index (χ3v) is 3.20. The molecule has 0 saturated heterocycles. The molecule has 74 valence electrons. The molecule has 0 heterocycles. The summed E-state index contributed by atoms with van der Waals surface area (Å²) in [7, 11) is 0. The van der Waals surface area contributed by atoms with Crippen LogP contribution in [0, 0.1) is 0 Å². The van der Waals surface area contributed by atoms with Crippen molar-refractivity contribution in [2.75, 3.05) is 0 Å². The van der Waals surface area contributed by atoms with Crippen molar-refractivity contribution in [2.24, 2.45) is 5.14 Å². The van der Waals surface area contributed by atoms with Crippen LogP contribution in [0.25, 0.3) is 0 Å². The number of rotatable bonds is 0. The maximum atomic E-state index is 5.66. The second-order valence-corrected chi connectivity index (χ2v) is 3.73. The van der Waals surface area contributed by atoms with Crippen LogP contribution in [-0.4, -0.2) is 0 Å². The first-order chi connectivity index (χ1) is 6.04. The van der Waals surface area contributed by atoms with Crippen molar-refractivity contribution in [1.29, 1.82) is 0 Å². The maximum Gasteiger partial charge on any atom is 0.0808 e. The van der Waals surface area contributed by atoms with Crippen molar-refractivity contribution in [1.82, 2.24) is 0 Å². The average Bonchev–Trinajstić information content (AvgIpc) is 2.15. The molecule has 13 heavy (non-hydrogen) atoms. The van der Waals surface area contributed by atoms with Gasteiger partial charge in [0.15, 0.2) is 0 Å². The zero-order chi connectivity index (χ0) is 10.6. The van der Waals surface area contributed by atoms with E-state index in [1.165, 1.54) is 6.07 Å². The maximum absolute atomic E-state index is 5.66. The van der Waals surface area contributed by atoms with E-state index in [1.54, 1.807) is 0 Å². The number of hydrogen-bond donors (Lipinski definition) is 2. The highest BCUT2D eigenvalue weighted by atomic mass is 35.5. The normalized spacial score (nSPS) is 9.15. The van der Waals surface area contributed by atoms with Crippen molar-refractivity contribution in [3.05, 3.63) is 31.2 Å². The highest BCUT2D eigenvalue weighted by Gasteiger charge is 2.10. The number of benzene rings is 1. The lowest BCUT2D eigenvalue weighted by molar-refractivity contribution is 1.70. The van der Waals surface area contributed by atoms with Crippen LogP contribution in [0.4, 0.5) is 0 Å². The standard InChI is InChI=1S/C6HCl5.H3NS/c7-2-1-3(8)5(10)6(11)4(2)9;1-2/h1H;2H,1H2. The SMILES string of the molecule is Clc1cc(Cl)c(Cl)c(Cl)c1Cl.NS. The Morgan fingerprint density at radius 1 is 0.769 bits per heavy atom. The van der Waals surface area contributed by atoms with E-state index in [0.717, 1.165) is 0 Å². The fourth-order valence-corrected chi connectivity index (χ4v) is 1.65. The molecular weight excluding hydrogens is 295 g/mol. The van der Waals surface area contributed by atoms with Crippen LogP contribution in [0.3, 0.4) is 0 Å². The van der Waals surface area contributed by atoms with E-state index in [2.05, 4.69) is 18.0 Å². The summed E-state index contributed by atoms with van der Waals surface area (Å²) in [5.41, 5.74) is 0. The Labute approximate surface area is 107 Å². The van der Waals surface area contributed by atoms with Gasteiger partial charge in [0.1, 0.15) is 0 Å².